The summed E-state index contributed by atoms with van der Waals surface area (Å²) in [5.41, 5.74) is 0. The molecular weight excluding hydrogens is 1340 g/mol. The molecule has 0 amide bonds. The third-order valence-electron chi connectivity index (χ3n) is 19.7. The Hall–Kier alpha value is -1.94. The van der Waals surface area contributed by atoms with E-state index in [1.54, 1.807) is 0 Å². The molecule has 0 radical (unpaired) electrons. The summed E-state index contributed by atoms with van der Waals surface area (Å²) in [7, 11) is -9.93. The highest BCUT2D eigenvalue weighted by atomic mass is 31.2. The quantitative estimate of drug-likeness (QED) is 0.0222. The first-order valence-corrected chi connectivity index (χ1v) is 46.5. The number of rotatable bonds is 83. The number of hydrogen-bond acceptors (Lipinski definition) is 15. The fourth-order valence-electron chi connectivity index (χ4n) is 13.1. The SMILES string of the molecule is CCCCCCCCCCCCCCCCCCCCCC(=O)O[C@H](COC(=O)CCCCCCCCCCCCCCCCC(C)C)COP(=O)(O)OC[C@@H](O)COP(=O)(O)OC[C@@H](COC(=O)CCCCCCCCCCC(C)C)OC(=O)CCCCCCCCCCCCCCCCCC. The Kier molecular flexibility index (Phi) is 74.1. The first-order valence-electron chi connectivity index (χ1n) is 43.5. The lowest BCUT2D eigenvalue weighted by molar-refractivity contribution is -0.161. The van der Waals surface area contributed by atoms with Crippen LogP contribution in [0.5, 0.6) is 0 Å². The van der Waals surface area contributed by atoms with Gasteiger partial charge in [-0.05, 0) is 37.5 Å². The lowest BCUT2D eigenvalue weighted by Gasteiger charge is -2.21. The minimum absolute atomic E-state index is 0.108. The van der Waals surface area contributed by atoms with Crippen LogP contribution in [-0.2, 0) is 65.4 Å². The van der Waals surface area contributed by atoms with Gasteiger partial charge in [0, 0.05) is 25.7 Å². The van der Waals surface area contributed by atoms with Gasteiger partial charge in [-0.15, -0.1) is 0 Å². The van der Waals surface area contributed by atoms with Crippen LogP contribution in [0.2, 0.25) is 0 Å². The second-order valence-electron chi connectivity index (χ2n) is 31.2. The van der Waals surface area contributed by atoms with Gasteiger partial charge in [0.25, 0.3) is 0 Å². The normalized spacial score (nSPS) is 13.9. The smallest absolute Gasteiger partial charge is 0.462 e. The minimum atomic E-state index is -4.96. The molecule has 0 saturated carbocycles. The van der Waals surface area contributed by atoms with Crippen molar-refractivity contribution in [1.29, 1.82) is 0 Å². The maximum atomic E-state index is 13.1. The standard InChI is InChI=1S/C84H164O17P2/c1-7-9-11-13-15-17-19-21-23-25-26-27-29-35-39-43-51-57-63-69-83(88)100-79(72-94-81(86)66-60-54-48-41-37-33-31-30-32-36-40-46-52-58-64-76(3)4)74-98-102(90,91)96-70-78(85)71-97-103(92,93)99-75-80(73-95-82(87)67-61-55-49-45-44-47-53-59-65-77(5)6)101-84(89)68-62-56-50-42-38-34-28-24-22-20-18-16-14-12-10-8-2/h76-80,85H,7-75H2,1-6H3,(H,90,91)(H,92,93)/t78-,79-,80-/m1/s1. The van der Waals surface area contributed by atoms with E-state index in [1.807, 2.05) is 0 Å². The topological polar surface area (TPSA) is 237 Å². The van der Waals surface area contributed by atoms with Gasteiger partial charge < -0.3 is 33.8 Å². The van der Waals surface area contributed by atoms with Crippen LogP contribution in [0.25, 0.3) is 0 Å². The number of phosphoric acid groups is 2. The summed E-state index contributed by atoms with van der Waals surface area (Å²) in [4.78, 5) is 73.2. The van der Waals surface area contributed by atoms with Crippen LogP contribution in [0, 0.1) is 11.8 Å². The van der Waals surface area contributed by atoms with E-state index in [1.165, 1.54) is 263 Å². The molecule has 2 unspecified atom stereocenters. The van der Waals surface area contributed by atoms with Crippen LogP contribution in [-0.4, -0.2) is 96.7 Å². The molecule has 0 spiro atoms. The summed E-state index contributed by atoms with van der Waals surface area (Å²) in [6.45, 7) is 9.65. The van der Waals surface area contributed by atoms with Crippen molar-refractivity contribution < 1.29 is 80.2 Å². The van der Waals surface area contributed by atoms with Gasteiger partial charge >= 0.3 is 39.5 Å². The second-order valence-corrected chi connectivity index (χ2v) is 34.1. The number of unbranched alkanes of at least 4 members (excludes halogenated alkanes) is 53. The van der Waals surface area contributed by atoms with Crippen LogP contribution in [0.4, 0.5) is 0 Å². The molecule has 0 aliphatic carbocycles. The molecule has 0 heterocycles. The van der Waals surface area contributed by atoms with E-state index in [-0.39, 0.29) is 25.7 Å². The van der Waals surface area contributed by atoms with Crippen molar-refractivity contribution >= 4 is 39.5 Å². The van der Waals surface area contributed by atoms with Crippen molar-refractivity contribution in [2.75, 3.05) is 39.6 Å². The molecule has 0 aliphatic heterocycles. The van der Waals surface area contributed by atoms with Gasteiger partial charge in [0.05, 0.1) is 26.4 Å². The van der Waals surface area contributed by atoms with E-state index in [2.05, 4.69) is 41.5 Å². The maximum absolute atomic E-state index is 13.1. The maximum Gasteiger partial charge on any atom is 0.472 e. The van der Waals surface area contributed by atoms with Gasteiger partial charge in [0.1, 0.15) is 19.3 Å². The lowest BCUT2D eigenvalue weighted by atomic mass is 10.0. The number of aliphatic hydroxyl groups excluding tert-OH is 1. The third kappa shape index (κ3) is 78.0. The molecule has 0 bridgehead atoms. The van der Waals surface area contributed by atoms with Crippen molar-refractivity contribution in [3.05, 3.63) is 0 Å². The molecule has 5 atom stereocenters. The predicted molar refractivity (Wildman–Crippen MR) is 423 cm³/mol. The fourth-order valence-corrected chi connectivity index (χ4v) is 14.6. The van der Waals surface area contributed by atoms with Crippen LogP contribution < -0.4 is 0 Å². The van der Waals surface area contributed by atoms with Gasteiger partial charge in [-0.3, -0.25) is 37.3 Å². The van der Waals surface area contributed by atoms with Gasteiger partial charge in [-0.1, -0.05) is 395 Å². The number of carbonyl (C=O) groups is 4. The molecule has 0 aromatic rings. The zero-order valence-corrected chi connectivity index (χ0v) is 69.4. The van der Waals surface area contributed by atoms with E-state index in [0.717, 1.165) is 102 Å². The molecule has 19 heteroatoms. The van der Waals surface area contributed by atoms with Crippen molar-refractivity contribution in [2.45, 2.75) is 464 Å². The van der Waals surface area contributed by atoms with Crippen molar-refractivity contribution in [2.24, 2.45) is 11.8 Å². The van der Waals surface area contributed by atoms with Crippen LogP contribution in [0.1, 0.15) is 446 Å². The third-order valence-corrected chi connectivity index (χ3v) is 21.6. The van der Waals surface area contributed by atoms with E-state index < -0.39 is 97.5 Å². The number of esters is 4. The Balaban J connectivity index is 5.25. The highest BCUT2D eigenvalue weighted by Gasteiger charge is 2.30. The second kappa shape index (κ2) is 75.5. The molecule has 3 N–H and O–H groups in total. The Bertz CT molecular complexity index is 1980. The van der Waals surface area contributed by atoms with E-state index in [0.29, 0.717) is 25.7 Å². The number of phosphoric ester groups is 2. The molecule has 0 rings (SSSR count). The summed E-state index contributed by atoms with van der Waals surface area (Å²) in [5.74, 6) is -0.578. The monoisotopic (exact) mass is 1510 g/mol. The van der Waals surface area contributed by atoms with Crippen LogP contribution in [0.3, 0.4) is 0 Å². The van der Waals surface area contributed by atoms with Crippen molar-refractivity contribution in [3.8, 4) is 0 Å². The lowest BCUT2D eigenvalue weighted by Crippen LogP contribution is -2.30. The number of aliphatic hydroxyl groups is 1. The average Bonchev–Trinajstić information content (AvgIpc) is 0.931. The molecule has 0 aromatic carbocycles. The molecule has 612 valence electrons. The zero-order chi connectivity index (χ0) is 75.6. The summed E-state index contributed by atoms with van der Waals surface area (Å²) in [6.07, 6.45) is 66.6. The Labute approximate surface area is 632 Å². The summed E-state index contributed by atoms with van der Waals surface area (Å²) < 4.78 is 68.8. The minimum Gasteiger partial charge on any atom is -0.462 e. The summed E-state index contributed by atoms with van der Waals surface area (Å²) in [5, 5.41) is 10.7. The van der Waals surface area contributed by atoms with Gasteiger partial charge in [0.15, 0.2) is 12.2 Å². The Morgan fingerprint density at radius 2 is 0.447 bits per heavy atom. The first-order chi connectivity index (χ1) is 49.9. The van der Waals surface area contributed by atoms with Crippen LogP contribution in [0.15, 0.2) is 0 Å². The van der Waals surface area contributed by atoms with Crippen LogP contribution >= 0.6 is 15.6 Å². The average molecular weight is 1510 g/mol. The number of carbonyl (C=O) groups excluding carboxylic acids is 4. The zero-order valence-electron chi connectivity index (χ0n) is 67.6. The van der Waals surface area contributed by atoms with Crippen molar-refractivity contribution in [3.63, 3.8) is 0 Å². The molecule has 17 nitrogen and oxygen atoms in total. The van der Waals surface area contributed by atoms with E-state index >= 15 is 0 Å². The predicted octanol–water partition coefficient (Wildman–Crippen LogP) is 25.5. The molecule has 0 aliphatic rings. The summed E-state index contributed by atoms with van der Waals surface area (Å²) in [6, 6.07) is 0. The molecule has 103 heavy (non-hydrogen) atoms. The van der Waals surface area contributed by atoms with Crippen molar-refractivity contribution in [1.82, 2.24) is 0 Å². The van der Waals surface area contributed by atoms with Gasteiger partial charge in [-0.2, -0.15) is 0 Å². The Morgan fingerprint density at radius 1 is 0.262 bits per heavy atom. The largest absolute Gasteiger partial charge is 0.472 e. The van der Waals surface area contributed by atoms with Gasteiger partial charge in [-0.25, -0.2) is 9.13 Å². The molecule has 0 fully saturated rings. The van der Waals surface area contributed by atoms with E-state index in [4.69, 9.17) is 37.0 Å². The highest BCUT2D eigenvalue weighted by Crippen LogP contribution is 2.45. The summed E-state index contributed by atoms with van der Waals surface area (Å²) >= 11 is 0. The van der Waals surface area contributed by atoms with Gasteiger partial charge in [0.2, 0.25) is 0 Å². The number of ether oxygens (including phenoxy) is 4. The fraction of sp³-hybridized carbons (Fsp3) is 0.952. The molecular formula is C84H164O17P2. The molecule has 0 aromatic heterocycles. The first kappa shape index (κ1) is 101. The number of hydrogen-bond donors (Lipinski definition) is 3. The Morgan fingerprint density at radius 3 is 0.660 bits per heavy atom. The molecule has 0 saturated heterocycles. The highest BCUT2D eigenvalue weighted by molar-refractivity contribution is 7.47. The van der Waals surface area contributed by atoms with E-state index in [9.17, 15) is 43.2 Å².